The molecule has 2 nitrogen and oxygen atoms in total. The highest BCUT2D eigenvalue weighted by atomic mass is 35.5. The molecule has 0 unspecified atom stereocenters. The smallest absolute Gasteiger partial charge is 0.217 e. The summed E-state index contributed by atoms with van der Waals surface area (Å²) in [5, 5.41) is 2.53. The molecule has 1 amide bonds. The van der Waals surface area contributed by atoms with E-state index in [1.54, 1.807) is 12.1 Å². The molecular formula is C12H11ClFNO. The predicted octanol–water partition coefficient (Wildman–Crippen LogP) is 2.05. The van der Waals surface area contributed by atoms with Crippen molar-refractivity contribution in [2.24, 2.45) is 0 Å². The van der Waals surface area contributed by atoms with E-state index >= 15 is 0 Å². The number of rotatable bonds is 2. The molecule has 1 aromatic carbocycles. The standard InChI is InChI=1S/C12H11ClFNO/c1-9(16)15-6-2-3-10-4-5-11(8-13)12(14)7-10/h4-5,7H,6,8H2,1H3,(H,15,16). The number of alkyl halides is 1. The molecule has 0 saturated carbocycles. The molecule has 0 saturated heterocycles. The van der Waals surface area contributed by atoms with Crippen LogP contribution in [-0.2, 0) is 10.7 Å². The zero-order valence-corrected chi connectivity index (χ0v) is 9.57. The topological polar surface area (TPSA) is 29.1 Å². The Morgan fingerprint density at radius 3 is 2.88 bits per heavy atom. The summed E-state index contributed by atoms with van der Waals surface area (Å²) in [6.45, 7) is 1.67. The second kappa shape index (κ2) is 6.14. The third-order valence-electron chi connectivity index (χ3n) is 1.86. The molecule has 0 spiro atoms. The fourth-order valence-corrected chi connectivity index (χ4v) is 1.27. The van der Waals surface area contributed by atoms with Gasteiger partial charge in [-0.15, -0.1) is 11.6 Å². The van der Waals surface area contributed by atoms with Crippen molar-refractivity contribution in [1.82, 2.24) is 5.32 Å². The lowest BCUT2D eigenvalue weighted by Crippen LogP contribution is -2.19. The van der Waals surface area contributed by atoms with Gasteiger partial charge in [0.15, 0.2) is 0 Å². The summed E-state index contributed by atoms with van der Waals surface area (Å²) in [6, 6.07) is 4.63. The highest BCUT2D eigenvalue weighted by Crippen LogP contribution is 2.11. The fourth-order valence-electron chi connectivity index (χ4n) is 1.05. The predicted molar refractivity (Wildman–Crippen MR) is 61.5 cm³/mol. The number of halogens is 2. The van der Waals surface area contributed by atoms with Gasteiger partial charge in [-0.25, -0.2) is 4.39 Å². The molecule has 0 aliphatic rings. The van der Waals surface area contributed by atoms with E-state index in [2.05, 4.69) is 17.2 Å². The van der Waals surface area contributed by atoms with Crippen molar-refractivity contribution in [2.75, 3.05) is 6.54 Å². The number of benzene rings is 1. The Morgan fingerprint density at radius 1 is 1.56 bits per heavy atom. The lowest BCUT2D eigenvalue weighted by atomic mass is 10.1. The largest absolute Gasteiger partial charge is 0.345 e. The van der Waals surface area contributed by atoms with Crippen molar-refractivity contribution in [3.63, 3.8) is 0 Å². The van der Waals surface area contributed by atoms with Crippen molar-refractivity contribution in [3.8, 4) is 11.8 Å². The lowest BCUT2D eigenvalue weighted by molar-refractivity contribution is -0.118. The number of hydrogen-bond acceptors (Lipinski definition) is 1. The monoisotopic (exact) mass is 239 g/mol. The van der Waals surface area contributed by atoms with Crippen LogP contribution in [0.2, 0.25) is 0 Å². The van der Waals surface area contributed by atoms with Crippen LogP contribution in [-0.4, -0.2) is 12.5 Å². The molecule has 16 heavy (non-hydrogen) atoms. The van der Waals surface area contributed by atoms with Crippen molar-refractivity contribution >= 4 is 17.5 Å². The van der Waals surface area contributed by atoms with Crippen molar-refractivity contribution < 1.29 is 9.18 Å². The number of carbonyl (C=O) groups is 1. The van der Waals surface area contributed by atoms with Crippen molar-refractivity contribution in [2.45, 2.75) is 12.8 Å². The van der Waals surface area contributed by atoms with Gasteiger partial charge in [0, 0.05) is 18.1 Å². The molecular weight excluding hydrogens is 229 g/mol. The van der Waals surface area contributed by atoms with E-state index in [9.17, 15) is 9.18 Å². The van der Waals surface area contributed by atoms with Crippen LogP contribution >= 0.6 is 11.6 Å². The zero-order chi connectivity index (χ0) is 12.0. The summed E-state index contributed by atoms with van der Waals surface area (Å²) in [7, 11) is 0. The molecule has 1 aromatic rings. The summed E-state index contributed by atoms with van der Waals surface area (Å²) in [5.74, 6) is 5.10. The van der Waals surface area contributed by atoms with E-state index in [-0.39, 0.29) is 24.1 Å². The maximum Gasteiger partial charge on any atom is 0.217 e. The lowest BCUT2D eigenvalue weighted by Gasteiger charge is -1.98. The first-order valence-electron chi connectivity index (χ1n) is 4.71. The third-order valence-corrected chi connectivity index (χ3v) is 2.14. The summed E-state index contributed by atoms with van der Waals surface area (Å²) >= 11 is 5.52. The number of carbonyl (C=O) groups excluding carboxylic acids is 1. The molecule has 0 fully saturated rings. The SMILES string of the molecule is CC(=O)NCC#Cc1ccc(CCl)c(F)c1. The number of amides is 1. The zero-order valence-electron chi connectivity index (χ0n) is 8.81. The second-order valence-electron chi connectivity index (χ2n) is 3.15. The van der Waals surface area contributed by atoms with Gasteiger partial charge in [-0.1, -0.05) is 17.9 Å². The average Bonchev–Trinajstić information content (AvgIpc) is 2.24. The van der Waals surface area contributed by atoms with Crippen LogP contribution in [0.25, 0.3) is 0 Å². The van der Waals surface area contributed by atoms with Gasteiger partial charge in [0.1, 0.15) is 5.82 Å². The van der Waals surface area contributed by atoms with E-state index in [0.29, 0.717) is 11.1 Å². The van der Waals surface area contributed by atoms with Crippen LogP contribution in [0.1, 0.15) is 18.1 Å². The normalized spacial score (nSPS) is 9.19. The van der Waals surface area contributed by atoms with E-state index in [1.165, 1.54) is 13.0 Å². The average molecular weight is 240 g/mol. The molecule has 4 heteroatoms. The first-order chi connectivity index (χ1) is 7.63. The molecule has 0 radical (unpaired) electrons. The molecule has 0 heterocycles. The Morgan fingerprint density at radius 2 is 2.31 bits per heavy atom. The van der Waals surface area contributed by atoms with E-state index in [0.717, 1.165) is 0 Å². The highest BCUT2D eigenvalue weighted by molar-refractivity contribution is 6.17. The molecule has 0 atom stereocenters. The van der Waals surface area contributed by atoms with Gasteiger partial charge in [-0.2, -0.15) is 0 Å². The first-order valence-corrected chi connectivity index (χ1v) is 5.24. The molecule has 1 rings (SSSR count). The van der Waals surface area contributed by atoms with Gasteiger partial charge in [-0.05, 0) is 12.1 Å². The van der Waals surface area contributed by atoms with Crippen molar-refractivity contribution in [3.05, 3.63) is 35.1 Å². The Bertz CT molecular complexity index is 448. The van der Waals surface area contributed by atoms with Gasteiger partial charge in [0.2, 0.25) is 5.91 Å². The van der Waals surface area contributed by atoms with Crippen LogP contribution in [0.15, 0.2) is 18.2 Å². The molecule has 0 aliphatic carbocycles. The molecule has 1 N–H and O–H groups in total. The van der Waals surface area contributed by atoms with Crippen LogP contribution in [0, 0.1) is 17.7 Å². The van der Waals surface area contributed by atoms with Gasteiger partial charge in [0.05, 0.1) is 12.4 Å². The Labute approximate surface area is 98.8 Å². The van der Waals surface area contributed by atoms with Crippen LogP contribution in [0.4, 0.5) is 4.39 Å². The van der Waals surface area contributed by atoms with E-state index < -0.39 is 0 Å². The molecule has 84 valence electrons. The van der Waals surface area contributed by atoms with Gasteiger partial charge < -0.3 is 5.32 Å². The van der Waals surface area contributed by atoms with Gasteiger partial charge in [-0.3, -0.25) is 4.79 Å². The minimum atomic E-state index is -0.360. The Hall–Kier alpha value is -1.53. The molecule has 0 aromatic heterocycles. The molecule has 0 bridgehead atoms. The summed E-state index contributed by atoms with van der Waals surface area (Å²) in [4.78, 5) is 10.5. The van der Waals surface area contributed by atoms with Crippen LogP contribution in [0.3, 0.4) is 0 Å². The van der Waals surface area contributed by atoms with Gasteiger partial charge in [0.25, 0.3) is 0 Å². The molecule has 0 aliphatic heterocycles. The Kier molecular flexibility index (Phi) is 4.81. The highest BCUT2D eigenvalue weighted by Gasteiger charge is 2.00. The van der Waals surface area contributed by atoms with Crippen molar-refractivity contribution in [1.29, 1.82) is 0 Å². The maximum absolute atomic E-state index is 13.3. The second-order valence-corrected chi connectivity index (χ2v) is 3.42. The minimum absolute atomic E-state index is 0.141. The number of hydrogen-bond donors (Lipinski definition) is 1. The Balaban J connectivity index is 2.67. The van der Waals surface area contributed by atoms with E-state index in [1.807, 2.05) is 0 Å². The quantitative estimate of drug-likeness (QED) is 0.621. The van der Waals surface area contributed by atoms with Gasteiger partial charge >= 0.3 is 0 Å². The summed E-state index contributed by atoms with van der Waals surface area (Å²) in [6.07, 6.45) is 0. The van der Waals surface area contributed by atoms with Crippen LogP contribution < -0.4 is 5.32 Å². The van der Waals surface area contributed by atoms with Crippen LogP contribution in [0.5, 0.6) is 0 Å². The minimum Gasteiger partial charge on any atom is -0.345 e. The maximum atomic E-state index is 13.3. The summed E-state index contributed by atoms with van der Waals surface area (Å²) in [5.41, 5.74) is 1.02. The third kappa shape index (κ3) is 3.92. The first kappa shape index (κ1) is 12.5. The summed E-state index contributed by atoms with van der Waals surface area (Å²) < 4.78 is 13.3. The number of nitrogens with one attached hydrogen (secondary N) is 1. The van der Waals surface area contributed by atoms with E-state index in [4.69, 9.17) is 11.6 Å². The fraction of sp³-hybridized carbons (Fsp3) is 0.250.